The van der Waals surface area contributed by atoms with Crippen molar-refractivity contribution in [2.24, 2.45) is 23.7 Å². The van der Waals surface area contributed by atoms with Gasteiger partial charge in [-0.1, -0.05) is 293 Å². The molecule has 19 heteroatoms. The van der Waals surface area contributed by atoms with Crippen molar-refractivity contribution in [2.45, 2.75) is 363 Å². The maximum absolute atomic E-state index is 13.0. The van der Waals surface area contributed by atoms with E-state index in [-0.39, 0.29) is 25.7 Å². The van der Waals surface area contributed by atoms with Gasteiger partial charge in [0.15, 0.2) is 12.2 Å². The average molecular weight is 1310 g/mol. The summed E-state index contributed by atoms with van der Waals surface area (Å²) in [6.07, 6.45) is 41.8. The van der Waals surface area contributed by atoms with Crippen LogP contribution in [0.3, 0.4) is 0 Å². The van der Waals surface area contributed by atoms with Crippen LogP contribution >= 0.6 is 15.6 Å². The van der Waals surface area contributed by atoms with Crippen molar-refractivity contribution in [3.05, 3.63) is 0 Å². The largest absolute Gasteiger partial charge is 0.472 e. The summed E-state index contributed by atoms with van der Waals surface area (Å²) < 4.78 is 68.3. The van der Waals surface area contributed by atoms with Gasteiger partial charge in [-0.2, -0.15) is 0 Å². The van der Waals surface area contributed by atoms with Gasteiger partial charge in [-0.05, 0) is 49.4 Å². The van der Waals surface area contributed by atoms with Gasteiger partial charge >= 0.3 is 39.5 Å². The van der Waals surface area contributed by atoms with Gasteiger partial charge in [-0.25, -0.2) is 9.13 Å². The zero-order chi connectivity index (χ0) is 66.1. The smallest absolute Gasteiger partial charge is 0.462 e. The van der Waals surface area contributed by atoms with E-state index in [0.29, 0.717) is 31.6 Å². The number of phosphoric ester groups is 2. The molecule has 0 aromatic heterocycles. The average Bonchev–Trinajstić information content (AvgIpc) is 3.57. The second kappa shape index (κ2) is 59.8. The van der Waals surface area contributed by atoms with Crippen LogP contribution in [0.2, 0.25) is 0 Å². The normalized spacial score (nSPS) is 14.3. The van der Waals surface area contributed by atoms with Crippen molar-refractivity contribution in [1.29, 1.82) is 0 Å². The molecule has 528 valence electrons. The van der Waals surface area contributed by atoms with E-state index in [1.54, 1.807) is 0 Å². The van der Waals surface area contributed by atoms with Crippen LogP contribution in [0.4, 0.5) is 0 Å². The summed E-state index contributed by atoms with van der Waals surface area (Å²) in [4.78, 5) is 72.5. The van der Waals surface area contributed by atoms with Crippen molar-refractivity contribution in [1.82, 2.24) is 0 Å². The molecule has 0 radical (unpaired) electrons. The quantitative estimate of drug-likeness (QED) is 0.0222. The van der Waals surface area contributed by atoms with E-state index in [9.17, 15) is 43.2 Å². The lowest BCUT2D eigenvalue weighted by Crippen LogP contribution is -2.30. The van der Waals surface area contributed by atoms with Crippen LogP contribution in [0.25, 0.3) is 0 Å². The highest BCUT2D eigenvalue weighted by atomic mass is 31.2. The maximum Gasteiger partial charge on any atom is 0.472 e. The van der Waals surface area contributed by atoms with Gasteiger partial charge < -0.3 is 33.8 Å². The van der Waals surface area contributed by atoms with E-state index in [2.05, 4.69) is 55.4 Å². The lowest BCUT2D eigenvalue weighted by molar-refractivity contribution is -0.161. The summed E-state index contributed by atoms with van der Waals surface area (Å²) in [6.45, 7) is 14.0. The highest BCUT2D eigenvalue weighted by Gasteiger charge is 2.30. The molecule has 0 saturated heterocycles. The Morgan fingerprint density at radius 2 is 0.472 bits per heavy atom. The van der Waals surface area contributed by atoms with Crippen LogP contribution in [0.5, 0.6) is 0 Å². The van der Waals surface area contributed by atoms with E-state index in [4.69, 9.17) is 37.0 Å². The molecule has 0 bridgehead atoms. The molecule has 0 amide bonds. The minimum absolute atomic E-state index is 0.104. The number of esters is 4. The second-order valence-electron chi connectivity index (χ2n) is 27.2. The first kappa shape index (κ1) is 87.1. The topological polar surface area (TPSA) is 237 Å². The van der Waals surface area contributed by atoms with Gasteiger partial charge in [0, 0.05) is 25.7 Å². The number of unbranched alkanes of at least 4 members (excludes halogenated alkanes) is 33. The summed E-state index contributed by atoms with van der Waals surface area (Å²) in [6, 6.07) is 0. The van der Waals surface area contributed by atoms with Crippen LogP contribution in [0, 0.1) is 23.7 Å². The minimum Gasteiger partial charge on any atom is -0.462 e. The molecule has 0 aliphatic rings. The van der Waals surface area contributed by atoms with Gasteiger partial charge in [-0.15, -0.1) is 0 Å². The summed E-state index contributed by atoms with van der Waals surface area (Å²) in [5, 5.41) is 10.6. The lowest BCUT2D eigenvalue weighted by Gasteiger charge is -2.21. The zero-order valence-electron chi connectivity index (χ0n) is 58.1. The fourth-order valence-electron chi connectivity index (χ4n) is 10.5. The Bertz CT molecular complexity index is 1760. The first-order valence-corrected chi connectivity index (χ1v) is 39.2. The van der Waals surface area contributed by atoms with Crippen molar-refractivity contribution >= 4 is 39.5 Å². The number of carbonyl (C=O) groups is 4. The molecule has 0 fully saturated rings. The van der Waals surface area contributed by atoms with Crippen molar-refractivity contribution < 1.29 is 80.2 Å². The Balaban J connectivity index is 5.25. The van der Waals surface area contributed by atoms with E-state index in [1.165, 1.54) is 141 Å². The number of phosphoric acid groups is 2. The molecule has 0 heterocycles. The summed E-state index contributed by atoms with van der Waals surface area (Å²) in [5.41, 5.74) is 0. The monoisotopic (exact) mass is 1310 g/mol. The number of hydrogen-bond acceptors (Lipinski definition) is 15. The molecule has 0 aromatic rings. The third-order valence-corrected chi connectivity index (χ3v) is 18.0. The van der Waals surface area contributed by atoms with Gasteiger partial charge in [0.05, 0.1) is 26.4 Å². The third kappa shape index (κ3) is 64.6. The molecular weight excluding hydrogens is 1170 g/mol. The first-order chi connectivity index (χ1) is 42.6. The summed E-state index contributed by atoms with van der Waals surface area (Å²) in [7, 11) is -9.90. The van der Waals surface area contributed by atoms with Crippen molar-refractivity contribution in [3.63, 3.8) is 0 Å². The van der Waals surface area contributed by atoms with Gasteiger partial charge in [0.25, 0.3) is 0 Å². The van der Waals surface area contributed by atoms with Crippen LogP contribution < -0.4 is 0 Å². The van der Waals surface area contributed by atoms with Crippen molar-refractivity contribution in [2.75, 3.05) is 39.6 Å². The molecule has 0 spiro atoms. The molecule has 17 nitrogen and oxygen atoms in total. The molecule has 89 heavy (non-hydrogen) atoms. The Labute approximate surface area is 543 Å². The molecule has 0 aliphatic heterocycles. The Hall–Kier alpha value is -1.94. The maximum atomic E-state index is 13.0. The van der Waals surface area contributed by atoms with E-state index < -0.39 is 97.5 Å². The molecule has 0 saturated carbocycles. The van der Waals surface area contributed by atoms with Crippen molar-refractivity contribution in [3.8, 4) is 0 Å². The number of ether oxygens (including phenoxy) is 4. The second-order valence-corrected chi connectivity index (χ2v) is 30.1. The number of carbonyl (C=O) groups excluding carboxylic acids is 4. The molecular formula is C70H136O17P2. The van der Waals surface area contributed by atoms with E-state index >= 15 is 0 Å². The summed E-state index contributed by atoms with van der Waals surface area (Å²) >= 11 is 0. The third-order valence-electron chi connectivity index (χ3n) is 16.1. The van der Waals surface area contributed by atoms with Gasteiger partial charge in [0.1, 0.15) is 19.3 Å². The number of rotatable bonds is 67. The Morgan fingerprint density at radius 1 is 0.281 bits per heavy atom. The van der Waals surface area contributed by atoms with Gasteiger partial charge in [0.2, 0.25) is 0 Å². The predicted octanol–water partition coefficient (Wildman–Crippen LogP) is 19.7. The SMILES string of the molecule is CC(C)CCCCCCCCCCCCCCC(=O)O[C@H](COC(=O)CCCCCCCCCCCC(C)C)COP(=O)(O)OC[C@@H](O)COP(=O)(O)OC[C@@H](COC(=O)CCCCCCCCC(C)C)OC(=O)CCCCCCCCCCCCC(C)C. The number of aliphatic hydroxyl groups is 1. The number of hydrogen-bond donors (Lipinski definition) is 3. The zero-order valence-corrected chi connectivity index (χ0v) is 59.8. The molecule has 5 atom stereocenters. The highest BCUT2D eigenvalue weighted by molar-refractivity contribution is 7.47. The molecule has 0 rings (SSSR count). The first-order valence-electron chi connectivity index (χ1n) is 36.2. The Morgan fingerprint density at radius 3 is 0.697 bits per heavy atom. The van der Waals surface area contributed by atoms with Crippen LogP contribution in [0.15, 0.2) is 0 Å². The summed E-state index contributed by atoms with van der Waals surface area (Å²) in [5.74, 6) is 0.821. The molecule has 0 aromatic carbocycles. The lowest BCUT2D eigenvalue weighted by atomic mass is 10.0. The van der Waals surface area contributed by atoms with Crippen LogP contribution in [0.1, 0.15) is 344 Å². The Kier molecular flexibility index (Phi) is 58.5. The fourth-order valence-corrected chi connectivity index (χ4v) is 12.1. The fraction of sp³-hybridized carbons (Fsp3) is 0.943. The minimum atomic E-state index is -4.95. The molecule has 3 N–H and O–H groups in total. The molecule has 2 unspecified atom stereocenters. The predicted molar refractivity (Wildman–Crippen MR) is 358 cm³/mol. The highest BCUT2D eigenvalue weighted by Crippen LogP contribution is 2.45. The van der Waals surface area contributed by atoms with E-state index in [0.717, 1.165) is 114 Å². The van der Waals surface area contributed by atoms with Crippen LogP contribution in [-0.2, 0) is 65.4 Å². The van der Waals surface area contributed by atoms with Gasteiger partial charge in [-0.3, -0.25) is 37.3 Å². The standard InChI is InChI=1S/C70H136O17P2/c1-60(2)46-38-30-22-16-11-9-10-12-19-26-36-44-52-69(74)86-65(56-80-67(72)50-42-34-25-21-15-18-24-32-40-48-62(5)6)58-84-88(76,77)82-54-64(71)55-83-89(78,79)85-59-66(57-81-68(73)51-43-35-29-28-33-41-49-63(7)8)87-70(75)53-45-37-27-20-14-13-17-23-31-39-47-61(3)4/h60-66,71H,9-59H2,1-8H3,(H,76,77)(H,78,79)/t64-,65-,66-/m1/s1. The van der Waals surface area contributed by atoms with E-state index in [1.807, 2.05) is 0 Å². The molecule has 0 aliphatic carbocycles. The van der Waals surface area contributed by atoms with Crippen LogP contribution in [-0.4, -0.2) is 96.7 Å². The number of aliphatic hydroxyl groups excluding tert-OH is 1.